The Morgan fingerprint density at radius 1 is 1.28 bits per heavy atom. The van der Waals surface area contributed by atoms with Crippen LogP contribution in [0.4, 0.5) is 4.79 Å². The van der Waals surface area contributed by atoms with Crippen molar-refractivity contribution in [1.29, 1.82) is 0 Å². The van der Waals surface area contributed by atoms with Crippen molar-refractivity contribution in [3.05, 3.63) is 23.7 Å². The molecule has 2 heterocycles. The molecular formula is C21H29N3O4S. The zero-order valence-corrected chi connectivity index (χ0v) is 17.8. The Kier molecular flexibility index (Phi) is 5.94. The highest BCUT2D eigenvalue weighted by atomic mass is 32.1. The van der Waals surface area contributed by atoms with Crippen molar-refractivity contribution in [1.82, 2.24) is 15.2 Å². The number of carbonyl (C=O) groups is 1. The molecule has 0 unspecified atom stereocenters. The van der Waals surface area contributed by atoms with Crippen molar-refractivity contribution in [3.8, 4) is 5.75 Å². The Bertz CT molecular complexity index is 836. The van der Waals surface area contributed by atoms with Crippen LogP contribution in [0.3, 0.4) is 0 Å². The largest absolute Gasteiger partial charge is 0.484 e. The lowest BCUT2D eigenvalue weighted by Gasteiger charge is -2.40. The maximum atomic E-state index is 12.5. The molecule has 2 N–H and O–H groups in total. The lowest BCUT2D eigenvalue weighted by Crippen LogP contribution is -2.60. The summed E-state index contributed by atoms with van der Waals surface area (Å²) in [4.78, 5) is 18.7. The van der Waals surface area contributed by atoms with Crippen LogP contribution >= 0.6 is 11.3 Å². The molecule has 1 saturated carbocycles. The molecule has 2 amide bonds. The summed E-state index contributed by atoms with van der Waals surface area (Å²) in [5.74, 6) is 0.790. The van der Waals surface area contributed by atoms with E-state index in [0.717, 1.165) is 41.6 Å². The number of aromatic nitrogens is 1. The minimum absolute atomic E-state index is 0.0130. The Balaban J connectivity index is 1.17. The molecule has 1 aromatic heterocycles. The van der Waals surface area contributed by atoms with Crippen molar-refractivity contribution in [2.24, 2.45) is 0 Å². The second-order valence-corrected chi connectivity index (χ2v) is 9.53. The van der Waals surface area contributed by atoms with Crippen LogP contribution < -0.4 is 10.1 Å². The summed E-state index contributed by atoms with van der Waals surface area (Å²) in [5, 5.41) is 12.9. The number of para-hydroxylation sites is 1. The highest BCUT2D eigenvalue weighted by molar-refractivity contribution is 7.16. The molecule has 0 radical (unpaired) electrons. The van der Waals surface area contributed by atoms with Crippen LogP contribution in [0.15, 0.2) is 23.7 Å². The molecule has 2 aliphatic rings. The second-order valence-electron chi connectivity index (χ2n) is 8.65. The van der Waals surface area contributed by atoms with Gasteiger partial charge >= 0.3 is 6.03 Å². The molecule has 0 spiro atoms. The number of nitrogens with zero attached hydrogens (tertiary/aromatic N) is 2. The fourth-order valence-corrected chi connectivity index (χ4v) is 4.47. The number of hydrogen-bond acceptors (Lipinski definition) is 6. The van der Waals surface area contributed by atoms with Gasteiger partial charge in [0.2, 0.25) is 0 Å². The number of benzene rings is 1. The molecule has 2 aromatic rings. The van der Waals surface area contributed by atoms with Crippen molar-refractivity contribution < 1.29 is 19.4 Å². The molecule has 0 bridgehead atoms. The molecule has 29 heavy (non-hydrogen) atoms. The number of aliphatic hydroxyl groups is 1. The maximum absolute atomic E-state index is 12.5. The van der Waals surface area contributed by atoms with Crippen molar-refractivity contribution in [2.45, 2.75) is 63.4 Å². The molecule has 1 aliphatic carbocycles. The van der Waals surface area contributed by atoms with E-state index in [4.69, 9.17) is 9.47 Å². The molecule has 1 aromatic carbocycles. The van der Waals surface area contributed by atoms with Crippen LogP contribution in [0.1, 0.15) is 39.5 Å². The summed E-state index contributed by atoms with van der Waals surface area (Å²) in [6.45, 7) is 5.03. The highest BCUT2D eigenvalue weighted by Crippen LogP contribution is 2.29. The van der Waals surface area contributed by atoms with E-state index in [2.05, 4.69) is 10.3 Å². The Hall–Kier alpha value is -1.90. The average molecular weight is 420 g/mol. The first kappa shape index (κ1) is 20.4. The first-order valence-corrected chi connectivity index (χ1v) is 11.1. The summed E-state index contributed by atoms with van der Waals surface area (Å²) in [5.41, 5.74) is 1.92. The van der Waals surface area contributed by atoms with Gasteiger partial charge in [-0.25, -0.2) is 9.78 Å². The van der Waals surface area contributed by atoms with E-state index in [9.17, 15) is 9.90 Å². The topological polar surface area (TPSA) is 83.9 Å². The third-order valence-corrected chi connectivity index (χ3v) is 6.22. The monoisotopic (exact) mass is 419 g/mol. The molecular weight excluding hydrogens is 390 g/mol. The van der Waals surface area contributed by atoms with E-state index in [0.29, 0.717) is 19.7 Å². The molecule has 1 saturated heterocycles. The van der Waals surface area contributed by atoms with Gasteiger partial charge in [0, 0.05) is 6.04 Å². The van der Waals surface area contributed by atoms with E-state index < -0.39 is 5.60 Å². The normalized spacial score (nSPS) is 23.1. The Labute approximate surface area is 175 Å². The number of carbonyl (C=O) groups excluding carboxylic acids is 1. The molecule has 1 aliphatic heterocycles. The van der Waals surface area contributed by atoms with Gasteiger partial charge in [-0.2, -0.15) is 0 Å². The van der Waals surface area contributed by atoms with Gasteiger partial charge in [-0.05, 0) is 51.7 Å². The minimum Gasteiger partial charge on any atom is -0.484 e. The number of fused-ring (bicyclic) bond motifs is 1. The zero-order chi connectivity index (χ0) is 20.4. The van der Waals surface area contributed by atoms with Gasteiger partial charge in [0.25, 0.3) is 0 Å². The van der Waals surface area contributed by atoms with Gasteiger partial charge in [-0.1, -0.05) is 6.07 Å². The zero-order valence-electron chi connectivity index (χ0n) is 17.0. The standard InChI is InChI=1S/C21H29N3O4S/c1-21(2,26)12-27-15-8-6-14(7-9-15)23-20(25)24-10-16(11-24)28-17-4-3-5-18-19(17)22-13-29-18/h3-5,13-16,26H,6-12H2,1-2H3,(H,23,25). The van der Waals surface area contributed by atoms with Crippen molar-refractivity contribution >= 4 is 27.6 Å². The van der Waals surface area contributed by atoms with Crippen LogP contribution in [-0.4, -0.2) is 64.6 Å². The number of urea groups is 1. The number of amides is 2. The summed E-state index contributed by atoms with van der Waals surface area (Å²) in [7, 11) is 0. The summed E-state index contributed by atoms with van der Waals surface area (Å²) in [6.07, 6.45) is 3.81. The van der Waals surface area contributed by atoms with Gasteiger partial charge in [0.15, 0.2) is 0 Å². The predicted octanol–water partition coefficient (Wildman–Crippen LogP) is 3.17. The average Bonchev–Trinajstić information content (AvgIpc) is 3.12. The van der Waals surface area contributed by atoms with E-state index in [-0.39, 0.29) is 24.3 Å². The number of rotatable bonds is 6. The summed E-state index contributed by atoms with van der Waals surface area (Å²) < 4.78 is 12.9. The highest BCUT2D eigenvalue weighted by Gasteiger charge is 2.34. The second kappa shape index (κ2) is 8.45. The van der Waals surface area contributed by atoms with Crippen LogP contribution in [0.25, 0.3) is 10.2 Å². The van der Waals surface area contributed by atoms with E-state index in [1.54, 1.807) is 30.1 Å². The third kappa shape index (κ3) is 5.18. The minimum atomic E-state index is -0.799. The van der Waals surface area contributed by atoms with Crippen LogP contribution in [0, 0.1) is 0 Å². The van der Waals surface area contributed by atoms with Gasteiger partial charge < -0.3 is 24.8 Å². The van der Waals surface area contributed by atoms with Crippen molar-refractivity contribution in [3.63, 3.8) is 0 Å². The smallest absolute Gasteiger partial charge is 0.317 e. The molecule has 2 fully saturated rings. The maximum Gasteiger partial charge on any atom is 0.317 e. The lowest BCUT2D eigenvalue weighted by molar-refractivity contribution is -0.0642. The summed E-state index contributed by atoms with van der Waals surface area (Å²) >= 11 is 1.60. The SMILES string of the molecule is CC(C)(O)COC1CCC(NC(=O)N2CC(Oc3cccc4scnc34)C2)CC1. The molecule has 8 heteroatoms. The van der Waals surface area contributed by atoms with Crippen LogP contribution in [-0.2, 0) is 4.74 Å². The number of thiazole rings is 1. The number of likely N-dealkylation sites (tertiary alicyclic amines) is 1. The number of ether oxygens (including phenoxy) is 2. The van der Waals surface area contributed by atoms with E-state index in [1.165, 1.54) is 0 Å². The quantitative estimate of drug-likeness (QED) is 0.751. The number of hydrogen-bond donors (Lipinski definition) is 2. The Morgan fingerprint density at radius 2 is 2.03 bits per heavy atom. The molecule has 7 nitrogen and oxygen atoms in total. The summed E-state index contributed by atoms with van der Waals surface area (Å²) in [6, 6.07) is 6.11. The predicted molar refractivity (Wildman–Crippen MR) is 112 cm³/mol. The molecule has 0 atom stereocenters. The van der Waals surface area contributed by atoms with Crippen molar-refractivity contribution in [2.75, 3.05) is 19.7 Å². The van der Waals surface area contributed by atoms with E-state index in [1.807, 2.05) is 23.7 Å². The van der Waals surface area contributed by atoms with Gasteiger partial charge in [-0.15, -0.1) is 11.3 Å². The Morgan fingerprint density at radius 3 is 2.76 bits per heavy atom. The molecule has 158 valence electrons. The number of nitrogens with one attached hydrogen (secondary N) is 1. The lowest BCUT2D eigenvalue weighted by atomic mass is 9.93. The first-order valence-electron chi connectivity index (χ1n) is 10.3. The van der Waals surface area contributed by atoms with Gasteiger partial charge in [0.1, 0.15) is 17.4 Å². The fraction of sp³-hybridized carbons (Fsp3) is 0.619. The third-order valence-electron chi connectivity index (χ3n) is 5.43. The van der Waals surface area contributed by atoms with Gasteiger partial charge in [-0.3, -0.25) is 0 Å². The van der Waals surface area contributed by atoms with Crippen LogP contribution in [0.5, 0.6) is 5.75 Å². The van der Waals surface area contributed by atoms with Crippen LogP contribution in [0.2, 0.25) is 0 Å². The fourth-order valence-electron chi connectivity index (χ4n) is 3.78. The van der Waals surface area contributed by atoms with E-state index >= 15 is 0 Å². The first-order chi connectivity index (χ1) is 13.9. The molecule has 4 rings (SSSR count). The van der Waals surface area contributed by atoms with Gasteiger partial charge in [0.05, 0.1) is 41.6 Å².